The van der Waals surface area contributed by atoms with E-state index in [0.717, 1.165) is 25.5 Å². The summed E-state index contributed by atoms with van der Waals surface area (Å²) >= 11 is 5.66. The maximum absolute atomic E-state index is 5.66. The number of nitrogens with one attached hydrogen (secondary N) is 1. The van der Waals surface area contributed by atoms with Gasteiger partial charge in [-0.3, -0.25) is 0 Å². The first-order valence-corrected chi connectivity index (χ1v) is 5.09. The molecule has 2 nitrogen and oxygen atoms in total. The maximum Gasteiger partial charge on any atom is 0.0877 e. The smallest absolute Gasteiger partial charge is 0.0877 e. The van der Waals surface area contributed by atoms with Gasteiger partial charge in [0, 0.05) is 12.4 Å². The number of halogens is 1. The van der Waals surface area contributed by atoms with Crippen LogP contribution in [0.25, 0.3) is 0 Å². The zero-order chi connectivity index (χ0) is 9.10. The Morgan fingerprint density at radius 3 is 3.08 bits per heavy atom. The topological polar surface area (TPSA) is 15.3 Å². The third-order valence-electron chi connectivity index (χ3n) is 2.27. The highest BCUT2D eigenvalue weighted by Crippen LogP contribution is 2.30. The van der Waals surface area contributed by atoms with E-state index in [0.29, 0.717) is 0 Å². The third kappa shape index (κ3) is 1.73. The molecule has 0 fully saturated rings. The second-order valence-corrected chi connectivity index (χ2v) is 3.54. The summed E-state index contributed by atoms with van der Waals surface area (Å²) in [5.41, 5.74) is 2.53. The largest absolute Gasteiger partial charge is 0.366 e. The van der Waals surface area contributed by atoms with E-state index < -0.39 is 0 Å². The fourth-order valence-corrected chi connectivity index (χ4v) is 1.73. The molecule has 0 saturated carbocycles. The SMILES string of the molecule is ClCCCN1CNc2ccccc21. The Kier molecular flexibility index (Phi) is 2.60. The van der Waals surface area contributed by atoms with Gasteiger partial charge in [-0.05, 0) is 18.6 Å². The minimum atomic E-state index is 0.735. The van der Waals surface area contributed by atoms with Crippen LogP contribution in [0.2, 0.25) is 0 Å². The zero-order valence-electron chi connectivity index (χ0n) is 7.46. The van der Waals surface area contributed by atoms with Crippen molar-refractivity contribution in [1.29, 1.82) is 0 Å². The highest BCUT2D eigenvalue weighted by Gasteiger charge is 2.15. The number of nitrogens with zero attached hydrogens (tertiary/aromatic N) is 1. The Morgan fingerprint density at radius 1 is 1.38 bits per heavy atom. The molecule has 0 radical (unpaired) electrons. The minimum Gasteiger partial charge on any atom is -0.366 e. The van der Waals surface area contributed by atoms with Crippen molar-refractivity contribution in [2.24, 2.45) is 0 Å². The number of benzene rings is 1. The second-order valence-electron chi connectivity index (χ2n) is 3.16. The van der Waals surface area contributed by atoms with Crippen molar-refractivity contribution < 1.29 is 0 Å². The lowest BCUT2D eigenvalue weighted by molar-refractivity contribution is 0.824. The number of rotatable bonds is 3. The van der Waals surface area contributed by atoms with Crippen molar-refractivity contribution in [2.75, 3.05) is 29.3 Å². The second kappa shape index (κ2) is 3.88. The van der Waals surface area contributed by atoms with Crippen molar-refractivity contribution in [1.82, 2.24) is 0 Å². The predicted molar refractivity (Wildman–Crippen MR) is 57.6 cm³/mol. The standard InChI is InChI=1S/C10H13ClN2/c11-6-3-7-13-8-12-9-4-1-2-5-10(9)13/h1-2,4-5,12H,3,6-8H2. The van der Waals surface area contributed by atoms with Crippen LogP contribution in [-0.4, -0.2) is 19.1 Å². The maximum atomic E-state index is 5.66. The summed E-state index contributed by atoms with van der Waals surface area (Å²) < 4.78 is 0. The molecule has 1 N–H and O–H groups in total. The molecule has 1 aliphatic rings. The molecule has 1 aromatic rings. The molecule has 1 heterocycles. The molecule has 0 saturated heterocycles. The molecule has 3 heteroatoms. The third-order valence-corrected chi connectivity index (χ3v) is 2.53. The first kappa shape index (κ1) is 8.70. The molecule has 0 amide bonds. The molecular weight excluding hydrogens is 184 g/mol. The van der Waals surface area contributed by atoms with Gasteiger partial charge in [0.1, 0.15) is 0 Å². The summed E-state index contributed by atoms with van der Waals surface area (Å²) in [5.74, 6) is 0.735. The van der Waals surface area contributed by atoms with E-state index in [1.165, 1.54) is 11.4 Å². The molecule has 2 rings (SSSR count). The van der Waals surface area contributed by atoms with E-state index in [4.69, 9.17) is 11.6 Å². The van der Waals surface area contributed by atoms with E-state index in [9.17, 15) is 0 Å². The first-order chi connectivity index (χ1) is 6.42. The van der Waals surface area contributed by atoms with Gasteiger partial charge in [-0.15, -0.1) is 11.6 Å². The van der Waals surface area contributed by atoms with Crippen LogP contribution in [0, 0.1) is 0 Å². The van der Waals surface area contributed by atoms with E-state index >= 15 is 0 Å². The van der Waals surface area contributed by atoms with Gasteiger partial charge in [0.05, 0.1) is 18.0 Å². The lowest BCUT2D eigenvalue weighted by Gasteiger charge is -2.16. The van der Waals surface area contributed by atoms with E-state index in [1.807, 2.05) is 0 Å². The van der Waals surface area contributed by atoms with Crippen molar-refractivity contribution >= 4 is 23.0 Å². The molecule has 0 aromatic heterocycles. The lowest BCUT2D eigenvalue weighted by Crippen LogP contribution is -2.24. The van der Waals surface area contributed by atoms with Crippen LogP contribution >= 0.6 is 11.6 Å². The molecule has 1 aliphatic heterocycles. The molecular formula is C10H13ClN2. The molecule has 0 atom stereocenters. The fraction of sp³-hybridized carbons (Fsp3) is 0.400. The van der Waals surface area contributed by atoms with Gasteiger partial charge in [-0.2, -0.15) is 0 Å². The highest BCUT2D eigenvalue weighted by molar-refractivity contribution is 6.17. The summed E-state index contributed by atoms with van der Waals surface area (Å²) in [6.45, 7) is 1.95. The number of para-hydroxylation sites is 2. The van der Waals surface area contributed by atoms with Crippen molar-refractivity contribution in [2.45, 2.75) is 6.42 Å². The summed E-state index contributed by atoms with van der Waals surface area (Å²) in [4.78, 5) is 2.32. The molecule has 0 bridgehead atoms. The van der Waals surface area contributed by atoms with Crippen LogP contribution in [0.3, 0.4) is 0 Å². The predicted octanol–water partition coefficient (Wildman–Crippen LogP) is 2.50. The number of anilines is 2. The van der Waals surface area contributed by atoms with E-state index in [1.54, 1.807) is 0 Å². The van der Waals surface area contributed by atoms with Gasteiger partial charge < -0.3 is 10.2 Å². The lowest BCUT2D eigenvalue weighted by atomic mass is 10.2. The van der Waals surface area contributed by atoms with Crippen molar-refractivity contribution in [3.63, 3.8) is 0 Å². The normalized spacial score (nSPS) is 14.1. The van der Waals surface area contributed by atoms with Crippen molar-refractivity contribution in [3.8, 4) is 0 Å². The number of hydrogen-bond donors (Lipinski definition) is 1. The summed E-state index contributed by atoms with van der Waals surface area (Å²) in [7, 11) is 0. The molecule has 0 unspecified atom stereocenters. The fourth-order valence-electron chi connectivity index (χ4n) is 1.61. The number of alkyl halides is 1. The van der Waals surface area contributed by atoms with Crippen LogP contribution in [0.15, 0.2) is 24.3 Å². The molecule has 0 spiro atoms. The minimum absolute atomic E-state index is 0.735. The molecule has 1 aromatic carbocycles. The number of hydrogen-bond acceptors (Lipinski definition) is 2. The van der Waals surface area contributed by atoms with Gasteiger partial charge >= 0.3 is 0 Å². The average molecular weight is 197 g/mol. The Labute approximate surface area is 83.5 Å². The molecule has 0 aliphatic carbocycles. The van der Waals surface area contributed by atoms with Gasteiger partial charge in [-0.1, -0.05) is 12.1 Å². The Bertz CT molecular complexity index is 288. The van der Waals surface area contributed by atoms with Gasteiger partial charge in [-0.25, -0.2) is 0 Å². The van der Waals surface area contributed by atoms with Crippen LogP contribution < -0.4 is 10.2 Å². The first-order valence-electron chi connectivity index (χ1n) is 4.55. The summed E-state index contributed by atoms with van der Waals surface area (Å²) in [5, 5.41) is 3.34. The monoisotopic (exact) mass is 196 g/mol. The zero-order valence-corrected chi connectivity index (χ0v) is 8.22. The Balaban J connectivity index is 2.09. The average Bonchev–Trinajstić information content (AvgIpc) is 2.58. The van der Waals surface area contributed by atoms with Gasteiger partial charge in [0.2, 0.25) is 0 Å². The van der Waals surface area contributed by atoms with Crippen LogP contribution in [0.1, 0.15) is 6.42 Å². The van der Waals surface area contributed by atoms with Crippen molar-refractivity contribution in [3.05, 3.63) is 24.3 Å². The van der Waals surface area contributed by atoms with Crippen LogP contribution in [-0.2, 0) is 0 Å². The Morgan fingerprint density at radius 2 is 2.23 bits per heavy atom. The molecule has 70 valence electrons. The molecule has 13 heavy (non-hydrogen) atoms. The summed E-state index contributed by atoms with van der Waals surface area (Å²) in [6, 6.07) is 8.37. The highest BCUT2D eigenvalue weighted by atomic mass is 35.5. The van der Waals surface area contributed by atoms with Gasteiger partial charge in [0.15, 0.2) is 0 Å². The quantitative estimate of drug-likeness (QED) is 0.748. The Hall–Kier alpha value is -0.890. The summed E-state index contributed by atoms with van der Waals surface area (Å²) in [6.07, 6.45) is 1.04. The van der Waals surface area contributed by atoms with Gasteiger partial charge in [0.25, 0.3) is 0 Å². The van der Waals surface area contributed by atoms with E-state index in [-0.39, 0.29) is 0 Å². The van der Waals surface area contributed by atoms with Crippen LogP contribution in [0.4, 0.5) is 11.4 Å². The van der Waals surface area contributed by atoms with Crippen LogP contribution in [0.5, 0.6) is 0 Å². The number of fused-ring (bicyclic) bond motifs is 1. The van der Waals surface area contributed by atoms with E-state index in [2.05, 4.69) is 34.5 Å².